The normalized spacial score (nSPS) is 27.4. The van der Waals surface area contributed by atoms with E-state index in [2.05, 4.69) is 17.9 Å². The molecule has 0 bridgehead atoms. The Hall–Kier alpha value is -0.0900. The van der Waals surface area contributed by atoms with Gasteiger partial charge in [-0.3, -0.25) is 4.90 Å². The summed E-state index contributed by atoms with van der Waals surface area (Å²) < 4.78 is 0. The fraction of sp³-hybridized carbons (Fsp3) is 0.636. The molecule has 0 amide bonds. The van der Waals surface area contributed by atoms with E-state index in [1.807, 2.05) is 5.38 Å². The van der Waals surface area contributed by atoms with Crippen LogP contribution >= 0.6 is 22.9 Å². The number of likely N-dealkylation sites (tertiary alicyclic amines) is 1. The quantitative estimate of drug-likeness (QED) is 0.886. The third kappa shape index (κ3) is 2.72. The molecule has 0 aromatic carbocycles. The van der Waals surface area contributed by atoms with Crippen LogP contribution < -0.4 is 5.73 Å². The first-order valence-corrected chi connectivity index (χ1v) is 6.52. The van der Waals surface area contributed by atoms with E-state index < -0.39 is 0 Å². The van der Waals surface area contributed by atoms with Crippen molar-refractivity contribution in [2.75, 3.05) is 19.6 Å². The van der Waals surface area contributed by atoms with Gasteiger partial charge in [-0.25, -0.2) is 0 Å². The first-order valence-electron chi connectivity index (χ1n) is 5.27. The monoisotopic (exact) mass is 244 g/mol. The van der Waals surface area contributed by atoms with Crippen LogP contribution in [0.3, 0.4) is 0 Å². The maximum atomic E-state index is 5.90. The van der Waals surface area contributed by atoms with Crippen molar-refractivity contribution >= 4 is 22.9 Å². The summed E-state index contributed by atoms with van der Waals surface area (Å²) in [6.07, 6.45) is 1.21. The molecule has 1 aliphatic heterocycles. The first kappa shape index (κ1) is 11.4. The molecule has 1 aromatic rings. The van der Waals surface area contributed by atoms with Crippen molar-refractivity contribution in [3.05, 3.63) is 21.3 Å². The van der Waals surface area contributed by atoms with Crippen LogP contribution in [0.25, 0.3) is 0 Å². The van der Waals surface area contributed by atoms with Crippen LogP contribution in [0.2, 0.25) is 5.02 Å². The van der Waals surface area contributed by atoms with E-state index in [-0.39, 0.29) is 0 Å². The molecule has 2 nitrogen and oxygen atoms in total. The number of hydrogen-bond acceptors (Lipinski definition) is 3. The number of rotatable bonds is 3. The summed E-state index contributed by atoms with van der Waals surface area (Å²) in [7, 11) is 0. The molecular weight excluding hydrogens is 228 g/mol. The van der Waals surface area contributed by atoms with Crippen molar-refractivity contribution in [2.24, 2.45) is 11.1 Å². The zero-order valence-electron chi connectivity index (χ0n) is 9.00. The maximum Gasteiger partial charge on any atom is 0.0516 e. The molecule has 1 aliphatic rings. The van der Waals surface area contributed by atoms with Crippen LogP contribution in [0, 0.1) is 5.41 Å². The Morgan fingerprint density at radius 3 is 3.00 bits per heavy atom. The fourth-order valence-corrected chi connectivity index (χ4v) is 3.20. The Bertz CT molecular complexity index is 339. The highest BCUT2D eigenvalue weighted by molar-refractivity contribution is 7.10. The van der Waals surface area contributed by atoms with Crippen molar-refractivity contribution in [1.29, 1.82) is 0 Å². The third-order valence-corrected chi connectivity index (χ3v) is 4.40. The van der Waals surface area contributed by atoms with Gasteiger partial charge in [0.15, 0.2) is 0 Å². The first-order chi connectivity index (χ1) is 7.11. The summed E-state index contributed by atoms with van der Waals surface area (Å²) in [5.41, 5.74) is 6.10. The van der Waals surface area contributed by atoms with Crippen molar-refractivity contribution in [3.8, 4) is 0 Å². The van der Waals surface area contributed by atoms with Gasteiger partial charge in [0, 0.05) is 23.3 Å². The summed E-state index contributed by atoms with van der Waals surface area (Å²) >= 11 is 7.64. The number of hydrogen-bond donors (Lipinski definition) is 1. The molecule has 0 radical (unpaired) electrons. The second kappa shape index (κ2) is 4.42. The van der Waals surface area contributed by atoms with E-state index in [0.29, 0.717) is 5.41 Å². The van der Waals surface area contributed by atoms with Gasteiger partial charge in [-0.15, -0.1) is 11.3 Å². The minimum Gasteiger partial charge on any atom is -0.330 e. The lowest BCUT2D eigenvalue weighted by Gasteiger charge is -2.22. The van der Waals surface area contributed by atoms with Crippen molar-refractivity contribution in [1.82, 2.24) is 4.90 Å². The Morgan fingerprint density at radius 1 is 1.67 bits per heavy atom. The molecule has 1 fully saturated rings. The summed E-state index contributed by atoms with van der Waals surface area (Å²) in [4.78, 5) is 3.82. The number of nitrogens with two attached hydrogens (primary N) is 1. The van der Waals surface area contributed by atoms with Crippen LogP contribution in [0.15, 0.2) is 11.4 Å². The standard InChI is InChI=1S/C11H17ClN2S/c1-11(7-13)2-3-14(8-11)5-10-4-9(12)6-15-10/h4,6H,2-3,5,7-8,13H2,1H3. The van der Waals surface area contributed by atoms with Crippen LogP contribution in [0.1, 0.15) is 18.2 Å². The highest BCUT2D eigenvalue weighted by Gasteiger charge is 2.32. The van der Waals surface area contributed by atoms with E-state index in [0.717, 1.165) is 31.2 Å². The highest BCUT2D eigenvalue weighted by atomic mass is 35.5. The van der Waals surface area contributed by atoms with Gasteiger partial charge in [-0.1, -0.05) is 18.5 Å². The van der Waals surface area contributed by atoms with E-state index in [1.54, 1.807) is 11.3 Å². The van der Waals surface area contributed by atoms with E-state index in [9.17, 15) is 0 Å². The Balaban J connectivity index is 1.92. The van der Waals surface area contributed by atoms with Gasteiger partial charge >= 0.3 is 0 Å². The van der Waals surface area contributed by atoms with Crippen LogP contribution in [-0.2, 0) is 6.54 Å². The smallest absolute Gasteiger partial charge is 0.0516 e. The van der Waals surface area contributed by atoms with Crippen LogP contribution in [0.5, 0.6) is 0 Å². The lowest BCUT2D eigenvalue weighted by Crippen LogP contribution is -2.30. The van der Waals surface area contributed by atoms with Crippen molar-refractivity contribution in [3.63, 3.8) is 0 Å². The lowest BCUT2D eigenvalue weighted by molar-refractivity contribution is 0.276. The van der Waals surface area contributed by atoms with Gasteiger partial charge < -0.3 is 5.73 Å². The molecule has 0 aliphatic carbocycles. The molecule has 1 aromatic heterocycles. The molecular formula is C11H17ClN2S. The molecule has 2 rings (SSSR count). The molecule has 1 unspecified atom stereocenters. The van der Waals surface area contributed by atoms with Crippen molar-refractivity contribution < 1.29 is 0 Å². The lowest BCUT2D eigenvalue weighted by atomic mass is 9.90. The fourth-order valence-electron chi connectivity index (χ4n) is 2.08. The molecule has 2 N–H and O–H groups in total. The van der Waals surface area contributed by atoms with Gasteiger partial charge in [-0.2, -0.15) is 0 Å². The molecule has 84 valence electrons. The minimum atomic E-state index is 0.320. The second-order valence-corrected chi connectivity index (χ2v) is 6.14. The van der Waals surface area contributed by atoms with Gasteiger partial charge in [0.1, 0.15) is 0 Å². The average Bonchev–Trinajstić information content (AvgIpc) is 2.76. The summed E-state index contributed by atoms with van der Waals surface area (Å²) in [6, 6.07) is 2.06. The van der Waals surface area contributed by atoms with Crippen LogP contribution in [-0.4, -0.2) is 24.5 Å². The van der Waals surface area contributed by atoms with Gasteiger partial charge in [-0.05, 0) is 31.0 Å². The van der Waals surface area contributed by atoms with E-state index >= 15 is 0 Å². The summed E-state index contributed by atoms with van der Waals surface area (Å²) in [5.74, 6) is 0. The molecule has 0 saturated carbocycles. The second-order valence-electron chi connectivity index (χ2n) is 4.71. The Kier molecular flexibility index (Phi) is 3.36. The molecule has 15 heavy (non-hydrogen) atoms. The zero-order chi connectivity index (χ0) is 10.9. The number of thiophene rings is 1. The molecule has 1 saturated heterocycles. The molecule has 0 spiro atoms. The molecule has 2 heterocycles. The largest absolute Gasteiger partial charge is 0.330 e. The van der Waals surface area contributed by atoms with Gasteiger partial charge in [0.2, 0.25) is 0 Å². The Labute approximate surface area is 100 Å². The summed E-state index contributed by atoms with van der Waals surface area (Å²) in [5, 5.41) is 2.85. The highest BCUT2D eigenvalue weighted by Crippen LogP contribution is 2.30. The van der Waals surface area contributed by atoms with Crippen LogP contribution in [0.4, 0.5) is 0 Å². The maximum absolute atomic E-state index is 5.90. The molecule has 4 heteroatoms. The predicted molar refractivity (Wildman–Crippen MR) is 66.4 cm³/mol. The van der Waals surface area contributed by atoms with Gasteiger partial charge in [0.25, 0.3) is 0 Å². The topological polar surface area (TPSA) is 29.3 Å². The zero-order valence-corrected chi connectivity index (χ0v) is 10.6. The number of halogens is 1. The van der Waals surface area contributed by atoms with Crippen molar-refractivity contribution in [2.45, 2.75) is 19.9 Å². The average molecular weight is 245 g/mol. The third-order valence-electron chi connectivity index (χ3n) is 3.13. The number of nitrogens with zero attached hydrogens (tertiary/aromatic N) is 1. The summed E-state index contributed by atoms with van der Waals surface area (Å²) in [6.45, 7) is 6.35. The minimum absolute atomic E-state index is 0.320. The Morgan fingerprint density at radius 2 is 2.47 bits per heavy atom. The molecule has 1 atom stereocenters. The van der Waals surface area contributed by atoms with E-state index in [4.69, 9.17) is 17.3 Å². The SMILES string of the molecule is CC1(CN)CCN(Cc2cc(Cl)cs2)C1. The van der Waals surface area contributed by atoms with E-state index in [1.165, 1.54) is 11.3 Å². The predicted octanol–water partition coefficient (Wildman–Crippen LogP) is 2.57. The van der Waals surface area contributed by atoms with Gasteiger partial charge in [0.05, 0.1) is 5.02 Å².